The largest absolute Gasteiger partial charge is 0.385 e. The van der Waals surface area contributed by atoms with Gasteiger partial charge in [0.2, 0.25) is 0 Å². The summed E-state index contributed by atoms with van der Waals surface area (Å²) < 4.78 is 5.03. The number of nitrogens with zero attached hydrogens (tertiary/aromatic N) is 3. The van der Waals surface area contributed by atoms with Crippen LogP contribution in [0.1, 0.15) is 13.3 Å². The third kappa shape index (κ3) is 3.18. The van der Waals surface area contributed by atoms with Gasteiger partial charge in [-0.05, 0) is 19.4 Å². The Bertz CT molecular complexity index is 618. The van der Waals surface area contributed by atoms with Crippen LogP contribution in [0.4, 0.5) is 11.5 Å². The van der Waals surface area contributed by atoms with E-state index in [0.29, 0.717) is 23.3 Å². The molecule has 0 spiro atoms. The molecule has 7 nitrogen and oxygen atoms in total. The second-order valence-electron chi connectivity index (χ2n) is 4.51. The molecule has 1 aromatic carbocycles. The summed E-state index contributed by atoms with van der Waals surface area (Å²) in [6.45, 7) is 2.64. The molecule has 2 rings (SSSR count). The Hall–Kier alpha value is -2.28. The van der Waals surface area contributed by atoms with Crippen LogP contribution in [0.15, 0.2) is 24.5 Å². The molecule has 2 aromatic rings. The monoisotopic (exact) mass is 276 g/mol. The summed E-state index contributed by atoms with van der Waals surface area (Å²) in [6.07, 6.45) is 2.26. The Labute approximate surface area is 116 Å². The lowest BCUT2D eigenvalue weighted by atomic mass is 10.2. The van der Waals surface area contributed by atoms with Gasteiger partial charge >= 0.3 is 0 Å². The molecule has 1 atom stereocenters. The van der Waals surface area contributed by atoms with E-state index in [4.69, 9.17) is 4.74 Å². The molecule has 0 aliphatic carbocycles. The van der Waals surface area contributed by atoms with E-state index < -0.39 is 4.92 Å². The fourth-order valence-electron chi connectivity index (χ4n) is 1.87. The maximum atomic E-state index is 10.8. The highest BCUT2D eigenvalue weighted by molar-refractivity contribution is 5.90. The minimum Gasteiger partial charge on any atom is -0.385 e. The molecule has 1 aromatic heterocycles. The first kappa shape index (κ1) is 14.1. The van der Waals surface area contributed by atoms with Gasteiger partial charge in [0, 0.05) is 37.3 Å². The van der Waals surface area contributed by atoms with Crippen molar-refractivity contribution in [2.75, 3.05) is 19.0 Å². The summed E-state index contributed by atoms with van der Waals surface area (Å²) in [5.74, 6) is 0.599. The van der Waals surface area contributed by atoms with Crippen molar-refractivity contribution in [3.8, 4) is 0 Å². The van der Waals surface area contributed by atoms with Crippen molar-refractivity contribution in [3.05, 3.63) is 34.6 Å². The summed E-state index contributed by atoms with van der Waals surface area (Å²) >= 11 is 0. The highest BCUT2D eigenvalue weighted by Gasteiger charge is 2.12. The van der Waals surface area contributed by atoms with Crippen LogP contribution in [0.2, 0.25) is 0 Å². The minimum absolute atomic E-state index is 0.0277. The number of fused-ring (bicyclic) bond motifs is 1. The molecule has 106 valence electrons. The molecule has 1 N–H and O–H groups in total. The summed E-state index contributed by atoms with van der Waals surface area (Å²) in [6, 6.07) is 4.70. The highest BCUT2D eigenvalue weighted by Crippen LogP contribution is 2.24. The number of hydrogen-bond donors (Lipinski definition) is 1. The Morgan fingerprint density at radius 3 is 2.95 bits per heavy atom. The van der Waals surface area contributed by atoms with E-state index in [1.807, 2.05) is 6.92 Å². The second-order valence-corrected chi connectivity index (χ2v) is 4.51. The van der Waals surface area contributed by atoms with Crippen LogP contribution < -0.4 is 5.32 Å². The summed E-state index contributed by atoms with van der Waals surface area (Å²) in [5.41, 5.74) is 0.701. The van der Waals surface area contributed by atoms with E-state index in [1.54, 1.807) is 13.2 Å². The van der Waals surface area contributed by atoms with Crippen LogP contribution >= 0.6 is 0 Å². The van der Waals surface area contributed by atoms with Gasteiger partial charge in [-0.25, -0.2) is 9.97 Å². The van der Waals surface area contributed by atoms with Gasteiger partial charge in [0.25, 0.3) is 5.69 Å². The highest BCUT2D eigenvalue weighted by atomic mass is 16.6. The third-order valence-corrected chi connectivity index (χ3v) is 2.97. The number of methoxy groups -OCH3 is 1. The lowest BCUT2D eigenvalue weighted by Gasteiger charge is -2.15. The van der Waals surface area contributed by atoms with Crippen molar-refractivity contribution in [2.24, 2.45) is 0 Å². The van der Waals surface area contributed by atoms with E-state index >= 15 is 0 Å². The van der Waals surface area contributed by atoms with Gasteiger partial charge < -0.3 is 10.1 Å². The number of anilines is 1. The molecule has 0 amide bonds. The van der Waals surface area contributed by atoms with Gasteiger partial charge in [0.15, 0.2) is 0 Å². The van der Waals surface area contributed by atoms with Gasteiger partial charge in [0.05, 0.1) is 10.4 Å². The molecule has 1 unspecified atom stereocenters. The van der Waals surface area contributed by atoms with E-state index in [1.165, 1.54) is 18.5 Å². The summed E-state index contributed by atoms with van der Waals surface area (Å²) in [5, 5.41) is 14.7. The number of rotatable bonds is 6. The number of aromatic nitrogens is 2. The maximum Gasteiger partial charge on any atom is 0.270 e. The molecular formula is C13H16N4O3. The van der Waals surface area contributed by atoms with Crippen molar-refractivity contribution < 1.29 is 9.66 Å². The number of benzene rings is 1. The topological polar surface area (TPSA) is 90.2 Å². The third-order valence-electron chi connectivity index (χ3n) is 2.97. The zero-order valence-corrected chi connectivity index (χ0v) is 11.4. The average Bonchev–Trinajstić information content (AvgIpc) is 2.45. The zero-order valence-electron chi connectivity index (χ0n) is 11.4. The van der Waals surface area contributed by atoms with Crippen LogP contribution in [-0.4, -0.2) is 34.6 Å². The molecule has 0 radical (unpaired) electrons. The van der Waals surface area contributed by atoms with Gasteiger partial charge in [-0.1, -0.05) is 0 Å². The Kier molecular flexibility index (Phi) is 4.41. The predicted molar refractivity (Wildman–Crippen MR) is 75.8 cm³/mol. The van der Waals surface area contributed by atoms with E-state index in [2.05, 4.69) is 15.3 Å². The van der Waals surface area contributed by atoms with Crippen molar-refractivity contribution in [2.45, 2.75) is 19.4 Å². The lowest BCUT2D eigenvalue weighted by molar-refractivity contribution is -0.384. The van der Waals surface area contributed by atoms with Gasteiger partial charge in [-0.2, -0.15) is 0 Å². The quantitative estimate of drug-likeness (QED) is 0.643. The number of hydrogen-bond acceptors (Lipinski definition) is 6. The smallest absolute Gasteiger partial charge is 0.270 e. The van der Waals surface area contributed by atoms with Crippen LogP contribution in [0, 0.1) is 10.1 Å². The number of nitrogens with one attached hydrogen (secondary N) is 1. The van der Waals surface area contributed by atoms with Gasteiger partial charge in [0.1, 0.15) is 12.1 Å². The molecule has 1 heterocycles. The minimum atomic E-state index is -0.426. The Morgan fingerprint density at radius 1 is 1.45 bits per heavy atom. The van der Waals surface area contributed by atoms with E-state index in [-0.39, 0.29) is 11.7 Å². The van der Waals surface area contributed by atoms with Crippen molar-refractivity contribution in [3.63, 3.8) is 0 Å². The number of non-ortho nitro benzene ring substituents is 1. The fourth-order valence-corrected chi connectivity index (χ4v) is 1.87. The van der Waals surface area contributed by atoms with Crippen molar-refractivity contribution in [1.29, 1.82) is 0 Å². The fraction of sp³-hybridized carbons (Fsp3) is 0.385. The van der Waals surface area contributed by atoms with Crippen LogP contribution in [0.5, 0.6) is 0 Å². The maximum absolute atomic E-state index is 10.8. The molecule has 20 heavy (non-hydrogen) atoms. The molecule has 0 saturated carbocycles. The lowest BCUT2D eigenvalue weighted by Crippen LogP contribution is -2.18. The van der Waals surface area contributed by atoms with Crippen LogP contribution in [0.3, 0.4) is 0 Å². The SMILES string of the molecule is COCCC(C)Nc1ncnc2ccc([N+](=O)[O-])cc12. The molecule has 0 aliphatic heterocycles. The van der Waals surface area contributed by atoms with Gasteiger partial charge in [-0.15, -0.1) is 0 Å². The van der Waals surface area contributed by atoms with Gasteiger partial charge in [-0.3, -0.25) is 10.1 Å². The molecule has 0 aliphatic rings. The van der Waals surface area contributed by atoms with Crippen LogP contribution in [0.25, 0.3) is 10.9 Å². The standard InChI is InChI=1S/C13H16N4O3/c1-9(5-6-20-2)16-13-11-7-10(17(18)19)3-4-12(11)14-8-15-13/h3-4,7-9H,5-6H2,1-2H3,(H,14,15,16). The number of nitro groups is 1. The first-order valence-electron chi connectivity index (χ1n) is 6.26. The van der Waals surface area contributed by atoms with E-state index in [9.17, 15) is 10.1 Å². The Balaban J connectivity index is 2.32. The Morgan fingerprint density at radius 2 is 2.25 bits per heavy atom. The first-order valence-corrected chi connectivity index (χ1v) is 6.26. The molecular weight excluding hydrogens is 260 g/mol. The second kappa shape index (κ2) is 6.25. The average molecular weight is 276 g/mol. The molecule has 0 saturated heterocycles. The van der Waals surface area contributed by atoms with E-state index in [0.717, 1.165) is 6.42 Å². The number of ether oxygens (including phenoxy) is 1. The van der Waals surface area contributed by atoms with Crippen LogP contribution in [-0.2, 0) is 4.74 Å². The summed E-state index contributed by atoms with van der Waals surface area (Å²) in [7, 11) is 1.65. The molecule has 0 bridgehead atoms. The van der Waals surface area contributed by atoms with Crippen molar-refractivity contribution >= 4 is 22.4 Å². The molecule has 0 fully saturated rings. The van der Waals surface area contributed by atoms with Crippen molar-refractivity contribution in [1.82, 2.24) is 9.97 Å². The predicted octanol–water partition coefficient (Wildman–Crippen LogP) is 2.37. The first-order chi connectivity index (χ1) is 9.61. The zero-order chi connectivity index (χ0) is 14.5. The normalized spacial score (nSPS) is 12.3. The number of nitro benzene ring substituents is 1. The summed E-state index contributed by atoms with van der Waals surface area (Å²) in [4.78, 5) is 18.7. The molecule has 7 heteroatoms.